The van der Waals surface area contributed by atoms with Crippen molar-refractivity contribution in [2.75, 3.05) is 0 Å². The van der Waals surface area contributed by atoms with Crippen LogP contribution in [0.15, 0.2) is 36.4 Å². The van der Waals surface area contributed by atoms with E-state index in [1.54, 1.807) is 30.3 Å². The minimum Gasteiger partial charge on any atom is -0.507 e. The van der Waals surface area contributed by atoms with E-state index in [1.807, 2.05) is 0 Å². The summed E-state index contributed by atoms with van der Waals surface area (Å²) in [5, 5.41) is 11.0. The summed E-state index contributed by atoms with van der Waals surface area (Å²) < 4.78 is 36.6. The molecule has 2 aromatic rings. The summed E-state index contributed by atoms with van der Waals surface area (Å²) in [4.78, 5) is 0. The van der Waals surface area contributed by atoms with Crippen LogP contribution in [0.3, 0.4) is 0 Å². The van der Waals surface area contributed by atoms with Crippen LogP contribution in [0.1, 0.15) is 24.4 Å². The summed E-state index contributed by atoms with van der Waals surface area (Å²) in [5.41, 5.74) is 6.46. The molecule has 0 aliphatic heterocycles. The van der Waals surface area contributed by atoms with Crippen molar-refractivity contribution < 1.29 is 18.3 Å². The molecule has 0 aromatic heterocycles. The lowest BCUT2D eigenvalue weighted by molar-refractivity contribution is -0.136. The minimum absolute atomic E-state index is 0.0994. The lowest BCUT2D eigenvalue weighted by Crippen LogP contribution is -2.16. The molecule has 0 saturated heterocycles. The Kier molecular flexibility index (Phi) is 3.66. The van der Waals surface area contributed by atoms with Gasteiger partial charge in [-0.3, -0.25) is 0 Å². The quantitative estimate of drug-likeness (QED) is 0.888. The standard InChI is InChI=1S/C14H14F3NO/c15-14(16,17)8-7-12(18)10-5-6-13(19)11-4-2-1-3-9(10)11/h1-6,12,19H,7-8,18H2/t12-/m1/s1. The zero-order valence-corrected chi connectivity index (χ0v) is 10.1. The predicted octanol–water partition coefficient (Wildman–Crippen LogP) is 3.89. The average Bonchev–Trinajstić information content (AvgIpc) is 2.36. The maximum atomic E-state index is 12.2. The molecule has 19 heavy (non-hydrogen) atoms. The van der Waals surface area contributed by atoms with Gasteiger partial charge in [0.05, 0.1) is 0 Å². The van der Waals surface area contributed by atoms with Crippen LogP contribution in [0.2, 0.25) is 0 Å². The fourth-order valence-electron chi connectivity index (χ4n) is 2.10. The maximum absolute atomic E-state index is 12.2. The molecule has 0 spiro atoms. The average molecular weight is 269 g/mol. The van der Waals surface area contributed by atoms with Crippen LogP contribution in [0, 0.1) is 0 Å². The van der Waals surface area contributed by atoms with E-state index >= 15 is 0 Å². The highest BCUT2D eigenvalue weighted by Gasteiger charge is 2.28. The zero-order valence-electron chi connectivity index (χ0n) is 10.1. The highest BCUT2D eigenvalue weighted by atomic mass is 19.4. The number of aromatic hydroxyl groups is 1. The number of hydrogen-bond acceptors (Lipinski definition) is 2. The third-order valence-corrected chi connectivity index (χ3v) is 3.07. The third-order valence-electron chi connectivity index (χ3n) is 3.07. The van der Waals surface area contributed by atoms with Gasteiger partial charge in [0.1, 0.15) is 5.75 Å². The molecule has 0 bridgehead atoms. The number of alkyl halides is 3. The second-order valence-corrected chi connectivity index (χ2v) is 4.48. The van der Waals surface area contributed by atoms with Gasteiger partial charge in [0.2, 0.25) is 0 Å². The van der Waals surface area contributed by atoms with Crippen LogP contribution in [0.25, 0.3) is 10.8 Å². The van der Waals surface area contributed by atoms with Crippen molar-refractivity contribution in [2.24, 2.45) is 5.73 Å². The third kappa shape index (κ3) is 3.17. The summed E-state index contributed by atoms with van der Waals surface area (Å²) in [7, 11) is 0. The number of phenolic OH excluding ortho intramolecular Hbond substituents is 1. The molecule has 2 rings (SSSR count). The molecule has 0 radical (unpaired) electrons. The molecule has 0 aliphatic carbocycles. The number of fused-ring (bicyclic) bond motifs is 1. The van der Waals surface area contributed by atoms with Gasteiger partial charge in [-0.2, -0.15) is 13.2 Å². The Balaban J connectivity index is 2.32. The molecule has 3 N–H and O–H groups in total. The summed E-state index contributed by atoms with van der Waals surface area (Å²) in [6.07, 6.45) is -5.29. The van der Waals surface area contributed by atoms with Crippen molar-refractivity contribution in [3.8, 4) is 5.75 Å². The smallest absolute Gasteiger partial charge is 0.389 e. The summed E-state index contributed by atoms with van der Waals surface area (Å²) in [5.74, 6) is 0.0994. The number of nitrogens with two attached hydrogens (primary N) is 1. The first-order valence-corrected chi connectivity index (χ1v) is 5.91. The Morgan fingerprint density at radius 2 is 1.68 bits per heavy atom. The number of hydrogen-bond donors (Lipinski definition) is 2. The number of rotatable bonds is 3. The van der Waals surface area contributed by atoms with Gasteiger partial charge in [0.25, 0.3) is 0 Å². The molecular weight excluding hydrogens is 255 g/mol. The number of benzene rings is 2. The van der Waals surface area contributed by atoms with E-state index < -0.39 is 18.6 Å². The first kappa shape index (κ1) is 13.7. The SMILES string of the molecule is N[C@H](CCC(F)(F)F)c1ccc(O)c2ccccc12. The second-order valence-electron chi connectivity index (χ2n) is 4.48. The molecule has 5 heteroatoms. The lowest BCUT2D eigenvalue weighted by atomic mass is 9.96. The van der Waals surface area contributed by atoms with E-state index in [4.69, 9.17) is 5.73 Å². The van der Waals surface area contributed by atoms with Crippen molar-refractivity contribution in [3.63, 3.8) is 0 Å². The Morgan fingerprint density at radius 1 is 1.05 bits per heavy atom. The first-order valence-electron chi connectivity index (χ1n) is 5.91. The molecule has 1 atom stereocenters. The Morgan fingerprint density at radius 3 is 2.32 bits per heavy atom. The zero-order chi connectivity index (χ0) is 14.0. The molecule has 2 nitrogen and oxygen atoms in total. The predicted molar refractivity (Wildman–Crippen MR) is 67.8 cm³/mol. The van der Waals surface area contributed by atoms with Gasteiger partial charge in [0.15, 0.2) is 0 Å². The van der Waals surface area contributed by atoms with Gasteiger partial charge in [-0.05, 0) is 23.4 Å². The highest BCUT2D eigenvalue weighted by Crippen LogP contribution is 2.33. The molecule has 102 valence electrons. The first-order chi connectivity index (χ1) is 8.88. The summed E-state index contributed by atoms with van der Waals surface area (Å²) in [6.45, 7) is 0. The van der Waals surface area contributed by atoms with E-state index in [-0.39, 0.29) is 12.2 Å². The van der Waals surface area contributed by atoms with Crippen molar-refractivity contribution >= 4 is 10.8 Å². The minimum atomic E-state index is -4.20. The van der Waals surface area contributed by atoms with Crippen LogP contribution >= 0.6 is 0 Å². The Labute approximate surface area is 108 Å². The normalized spacial score (nSPS) is 13.7. The van der Waals surface area contributed by atoms with Crippen molar-refractivity contribution in [3.05, 3.63) is 42.0 Å². The van der Waals surface area contributed by atoms with Crippen LogP contribution in [-0.2, 0) is 0 Å². The van der Waals surface area contributed by atoms with Crippen LogP contribution in [0.4, 0.5) is 13.2 Å². The molecular formula is C14H14F3NO. The summed E-state index contributed by atoms with van der Waals surface area (Å²) in [6, 6.07) is 9.33. The lowest BCUT2D eigenvalue weighted by Gasteiger charge is -2.16. The molecule has 0 amide bonds. The molecule has 0 aliphatic rings. The van der Waals surface area contributed by atoms with Crippen molar-refractivity contribution in [1.29, 1.82) is 0 Å². The Bertz CT molecular complexity index is 580. The van der Waals surface area contributed by atoms with E-state index in [0.29, 0.717) is 16.3 Å². The van der Waals surface area contributed by atoms with Gasteiger partial charge in [0, 0.05) is 17.8 Å². The molecule has 0 fully saturated rings. The maximum Gasteiger partial charge on any atom is 0.389 e. The summed E-state index contributed by atoms with van der Waals surface area (Å²) >= 11 is 0. The van der Waals surface area contributed by atoms with E-state index in [0.717, 1.165) is 0 Å². The molecule has 0 unspecified atom stereocenters. The fraction of sp³-hybridized carbons (Fsp3) is 0.286. The van der Waals surface area contributed by atoms with Gasteiger partial charge >= 0.3 is 6.18 Å². The Hall–Kier alpha value is -1.75. The molecule has 0 saturated carbocycles. The fourth-order valence-corrected chi connectivity index (χ4v) is 2.10. The van der Waals surface area contributed by atoms with E-state index in [1.165, 1.54) is 6.07 Å². The van der Waals surface area contributed by atoms with Gasteiger partial charge in [-0.25, -0.2) is 0 Å². The monoisotopic (exact) mass is 269 g/mol. The van der Waals surface area contributed by atoms with Gasteiger partial charge in [-0.1, -0.05) is 30.3 Å². The van der Waals surface area contributed by atoms with Crippen LogP contribution in [-0.4, -0.2) is 11.3 Å². The van der Waals surface area contributed by atoms with Gasteiger partial charge in [-0.15, -0.1) is 0 Å². The number of halogens is 3. The topological polar surface area (TPSA) is 46.2 Å². The van der Waals surface area contributed by atoms with E-state index in [9.17, 15) is 18.3 Å². The van der Waals surface area contributed by atoms with Crippen LogP contribution < -0.4 is 5.73 Å². The highest BCUT2D eigenvalue weighted by molar-refractivity contribution is 5.91. The van der Waals surface area contributed by atoms with Crippen molar-refractivity contribution in [2.45, 2.75) is 25.1 Å². The largest absolute Gasteiger partial charge is 0.507 e. The van der Waals surface area contributed by atoms with E-state index in [2.05, 4.69) is 0 Å². The van der Waals surface area contributed by atoms with Crippen molar-refractivity contribution in [1.82, 2.24) is 0 Å². The van der Waals surface area contributed by atoms with Gasteiger partial charge < -0.3 is 10.8 Å². The molecule has 2 aromatic carbocycles. The molecule has 0 heterocycles. The number of phenols is 1. The van der Waals surface area contributed by atoms with Crippen LogP contribution in [0.5, 0.6) is 5.75 Å². The second kappa shape index (κ2) is 5.09.